The van der Waals surface area contributed by atoms with E-state index in [1.165, 1.54) is 20.9 Å². The molecular formula is C15H16BrNS. The molecule has 3 heteroatoms. The molecular weight excluding hydrogens is 306 g/mol. The maximum absolute atomic E-state index is 3.63. The average Bonchev–Trinajstić information content (AvgIpc) is 2.36. The van der Waals surface area contributed by atoms with Gasteiger partial charge in [0.05, 0.1) is 0 Å². The molecule has 0 atom stereocenters. The Kier molecular flexibility index (Phi) is 4.87. The molecule has 0 fully saturated rings. The minimum Gasteiger partial charge on any atom is -0.316 e. The fourth-order valence-electron chi connectivity index (χ4n) is 1.72. The minimum absolute atomic E-state index is 0.885. The van der Waals surface area contributed by atoms with E-state index in [0.29, 0.717) is 0 Å². The summed E-state index contributed by atoms with van der Waals surface area (Å²) in [6, 6.07) is 15.0. The molecule has 0 heterocycles. The van der Waals surface area contributed by atoms with Crippen LogP contribution in [0.5, 0.6) is 0 Å². The van der Waals surface area contributed by atoms with Crippen molar-refractivity contribution in [1.29, 1.82) is 0 Å². The minimum atomic E-state index is 0.885. The molecule has 0 amide bonds. The number of aryl methyl sites for hydroxylation is 1. The summed E-state index contributed by atoms with van der Waals surface area (Å²) in [6.45, 7) is 3.03. The molecule has 2 aromatic carbocycles. The Labute approximate surface area is 121 Å². The van der Waals surface area contributed by atoms with Gasteiger partial charge in [-0.05, 0) is 43.3 Å². The lowest BCUT2D eigenvalue weighted by atomic mass is 10.2. The van der Waals surface area contributed by atoms with Crippen molar-refractivity contribution in [3.63, 3.8) is 0 Å². The Morgan fingerprint density at radius 1 is 1.17 bits per heavy atom. The number of hydrogen-bond acceptors (Lipinski definition) is 2. The summed E-state index contributed by atoms with van der Waals surface area (Å²) >= 11 is 5.43. The molecule has 18 heavy (non-hydrogen) atoms. The Hall–Kier alpha value is -0.770. The molecule has 0 radical (unpaired) electrons. The van der Waals surface area contributed by atoms with Crippen molar-refractivity contribution in [3.8, 4) is 0 Å². The lowest BCUT2D eigenvalue weighted by Crippen LogP contribution is -2.05. The topological polar surface area (TPSA) is 12.0 Å². The first kappa shape index (κ1) is 13.7. The van der Waals surface area contributed by atoms with Gasteiger partial charge in [-0.15, -0.1) is 0 Å². The lowest BCUT2D eigenvalue weighted by molar-refractivity contribution is 0.813. The van der Waals surface area contributed by atoms with Crippen molar-refractivity contribution >= 4 is 27.7 Å². The van der Waals surface area contributed by atoms with E-state index < -0.39 is 0 Å². The molecule has 0 saturated carbocycles. The van der Waals surface area contributed by atoms with E-state index in [1.807, 2.05) is 7.05 Å². The van der Waals surface area contributed by atoms with Gasteiger partial charge < -0.3 is 5.32 Å². The van der Waals surface area contributed by atoms with Gasteiger partial charge in [-0.1, -0.05) is 52.0 Å². The van der Waals surface area contributed by atoms with E-state index in [0.717, 1.165) is 11.0 Å². The summed E-state index contributed by atoms with van der Waals surface area (Å²) < 4.78 is 1.16. The Morgan fingerprint density at radius 3 is 2.61 bits per heavy atom. The summed E-state index contributed by atoms with van der Waals surface area (Å²) in [5, 5.41) is 3.17. The molecule has 1 N–H and O–H groups in total. The SMILES string of the molecule is CNCc1ccc(Sc2ccccc2C)cc1Br. The normalized spacial score (nSPS) is 10.6. The third-order valence-electron chi connectivity index (χ3n) is 2.71. The van der Waals surface area contributed by atoms with Gasteiger partial charge in [0.2, 0.25) is 0 Å². The molecule has 0 saturated heterocycles. The monoisotopic (exact) mass is 321 g/mol. The van der Waals surface area contributed by atoms with Crippen molar-refractivity contribution in [3.05, 3.63) is 58.1 Å². The summed E-state index contributed by atoms with van der Waals surface area (Å²) in [5.41, 5.74) is 2.60. The molecule has 2 rings (SSSR count). The van der Waals surface area contributed by atoms with Crippen LogP contribution in [-0.2, 0) is 6.54 Å². The second kappa shape index (κ2) is 6.41. The second-order valence-electron chi connectivity index (χ2n) is 4.15. The maximum Gasteiger partial charge on any atom is 0.0231 e. The summed E-state index contributed by atoms with van der Waals surface area (Å²) in [7, 11) is 1.96. The second-order valence-corrected chi connectivity index (χ2v) is 6.12. The third-order valence-corrected chi connectivity index (χ3v) is 4.62. The van der Waals surface area contributed by atoms with Crippen LogP contribution in [0.2, 0.25) is 0 Å². The Bertz CT molecular complexity index is 540. The third kappa shape index (κ3) is 3.37. The van der Waals surface area contributed by atoms with Gasteiger partial charge in [-0.25, -0.2) is 0 Å². The van der Waals surface area contributed by atoms with Gasteiger partial charge in [0.1, 0.15) is 0 Å². The number of benzene rings is 2. The molecule has 0 unspecified atom stereocenters. The van der Waals surface area contributed by atoms with Gasteiger partial charge in [0, 0.05) is 20.8 Å². The molecule has 0 aliphatic carbocycles. The highest BCUT2D eigenvalue weighted by Gasteiger charge is 2.04. The van der Waals surface area contributed by atoms with Gasteiger partial charge in [0.25, 0.3) is 0 Å². The van der Waals surface area contributed by atoms with Crippen LogP contribution in [0, 0.1) is 6.92 Å². The Balaban J connectivity index is 2.20. The van der Waals surface area contributed by atoms with Crippen molar-refractivity contribution in [2.45, 2.75) is 23.3 Å². The van der Waals surface area contributed by atoms with Crippen LogP contribution in [0.1, 0.15) is 11.1 Å². The number of nitrogens with one attached hydrogen (secondary N) is 1. The fraction of sp³-hybridized carbons (Fsp3) is 0.200. The molecule has 0 aliphatic heterocycles. The number of rotatable bonds is 4. The van der Waals surface area contributed by atoms with E-state index >= 15 is 0 Å². The van der Waals surface area contributed by atoms with E-state index in [2.05, 4.69) is 70.6 Å². The van der Waals surface area contributed by atoms with E-state index in [4.69, 9.17) is 0 Å². The van der Waals surface area contributed by atoms with Crippen molar-refractivity contribution < 1.29 is 0 Å². The highest BCUT2D eigenvalue weighted by atomic mass is 79.9. The first-order valence-electron chi connectivity index (χ1n) is 5.87. The van der Waals surface area contributed by atoms with Gasteiger partial charge >= 0.3 is 0 Å². The standard InChI is InChI=1S/C15H16BrNS/c1-11-5-3-4-6-15(11)18-13-8-7-12(10-17-2)14(16)9-13/h3-9,17H,10H2,1-2H3. The quantitative estimate of drug-likeness (QED) is 0.881. The van der Waals surface area contributed by atoms with E-state index in [1.54, 1.807) is 11.8 Å². The zero-order valence-corrected chi connectivity index (χ0v) is 12.9. The molecule has 0 aliphatic rings. The van der Waals surface area contributed by atoms with Crippen molar-refractivity contribution in [1.82, 2.24) is 5.32 Å². The van der Waals surface area contributed by atoms with Crippen LogP contribution in [-0.4, -0.2) is 7.05 Å². The zero-order valence-electron chi connectivity index (χ0n) is 10.5. The molecule has 2 aromatic rings. The predicted molar refractivity (Wildman–Crippen MR) is 82.2 cm³/mol. The summed E-state index contributed by atoms with van der Waals surface area (Å²) in [5.74, 6) is 0. The van der Waals surface area contributed by atoms with E-state index in [-0.39, 0.29) is 0 Å². The van der Waals surface area contributed by atoms with Crippen LogP contribution in [0.25, 0.3) is 0 Å². The summed E-state index contributed by atoms with van der Waals surface area (Å²) in [6.07, 6.45) is 0. The number of halogens is 1. The van der Waals surface area contributed by atoms with Gasteiger partial charge in [0.15, 0.2) is 0 Å². The van der Waals surface area contributed by atoms with E-state index in [9.17, 15) is 0 Å². The first-order valence-corrected chi connectivity index (χ1v) is 7.48. The molecule has 0 aromatic heterocycles. The van der Waals surface area contributed by atoms with Crippen molar-refractivity contribution in [2.75, 3.05) is 7.05 Å². The molecule has 0 bridgehead atoms. The molecule has 1 nitrogen and oxygen atoms in total. The molecule has 0 spiro atoms. The van der Waals surface area contributed by atoms with Gasteiger partial charge in [-0.2, -0.15) is 0 Å². The van der Waals surface area contributed by atoms with Crippen LogP contribution >= 0.6 is 27.7 Å². The summed E-state index contributed by atoms with van der Waals surface area (Å²) in [4.78, 5) is 2.57. The fourth-order valence-corrected chi connectivity index (χ4v) is 3.34. The maximum atomic E-state index is 3.63. The average molecular weight is 322 g/mol. The molecule has 94 valence electrons. The first-order chi connectivity index (χ1) is 8.70. The lowest BCUT2D eigenvalue weighted by Gasteiger charge is -2.08. The smallest absolute Gasteiger partial charge is 0.0231 e. The zero-order chi connectivity index (χ0) is 13.0. The van der Waals surface area contributed by atoms with Gasteiger partial charge in [-0.3, -0.25) is 0 Å². The predicted octanol–water partition coefficient (Wildman–Crippen LogP) is 4.63. The van der Waals surface area contributed by atoms with Crippen LogP contribution in [0.4, 0.5) is 0 Å². The Morgan fingerprint density at radius 2 is 1.94 bits per heavy atom. The van der Waals surface area contributed by atoms with Crippen LogP contribution in [0.15, 0.2) is 56.7 Å². The highest BCUT2D eigenvalue weighted by molar-refractivity contribution is 9.10. The van der Waals surface area contributed by atoms with Crippen molar-refractivity contribution in [2.24, 2.45) is 0 Å². The number of hydrogen-bond donors (Lipinski definition) is 1. The largest absolute Gasteiger partial charge is 0.316 e. The highest BCUT2D eigenvalue weighted by Crippen LogP contribution is 2.32. The van der Waals surface area contributed by atoms with Crippen LogP contribution < -0.4 is 5.32 Å². The van der Waals surface area contributed by atoms with Crippen LogP contribution in [0.3, 0.4) is 0 Å².